The van der Waals surface area contributed by atoms with Gasteiger partial charge in [0.25, 0.3) is 0 Å². The molecule has 0 aromatic heterocycles. The first-order chi connectivity index (χ1) is 13.9. The van der Waals surface area contributed by atoms with E-state index in [2.05, 4.69) is 5.32 Å². The number of hydrogen-bond donors (Lipinski definition) is 1. The quantitative estimate of drug-likeness (QED) is 0.704. The molecule has 1 heterocycles. The number of carbonyl (C=O) groups excluding carboxylic acids is 1. The monoisotopic (exact) mass is 408 g/mol. The number of rotatable bonds is 4. The normalized spacial score (nSPS) is 16.0. The summed E-state index contributed by atoms with van der Waals surface area (Å²) in [6.45, 7) is 2.69. The predicted octanol–water partition coefficient (Wildman–Crippen LogP) is 4.19. The lowest BCUT2D eigenvalue weighted by atomic mass is 9.97. The Morgan fingerprint density at radius 1 is 0.931 bits per heavy atom. The Labute approximate surface area is 171 Å². The standard InChI is InChI=1S/C23H24N2O3S/c1-17-6-9-21(10-7-17)24-23(26)19-12-14-25(15-13-19)29(27,28)22-11-8-18-4-2-3-5-20(18)16-22/h2-11,16,19H,12-15H2,1H3,(H,24,26). The molecular weight excluding hydrogens is 384 g/mol. The summed E-state index contributed by atoms with van der Waals surface area (Å²) in [6.07, 6.45) is 1.04. The minimum atomic E-state index is -3.56. The van der Waals surface area contributed by atoms with E-state index in [1.165, 1.54) is 4.31 Å². The number of nitrogens with one attached hydrogen (secondary N) is 1. The van der Waals surface area contributed by atoms with Crippen LogP contribution in [0.4, 0.5) is 5.69 Å². The Bertz CT molecular complexity index is 1130. The van der Waals surface area contributed by atoms with Gasteiger partial charge in [-0.25, -0.2) is 8.42 Å². The van der Waals surface area contributed by atoms with E-state index in [0.717, 1.165) is 22.0 Å². The molecule has 0 aliphatic carbocycles. The predicted molar refractivity (Wildman–Crippen MR) is 115 cm³/mol. The van der Waals surface area contributed by atoms with Crippen molar-refractivity contribution in [2.45, 2.75) is 24.7 Å². The molecule has 5 nitrogen and oxygen atoms in total. The number of aryl methyl sites for hydroxylation is 1. The number of carbonyl (C=O) groups is 1. The van der Waals surface area contributed by atoms with E-state index in [1.807, 2.05) is 61.5 Å². The first-order valence-electron chi connectivity index (χ1n) is 9.80. The molecule has 4 rings (SSSR count). The number of sulfonamides is 1. The van der Waals surface area contributed by atoms with Crippen molar-refractivity contribution in [3.8, 4) is 0 Å². The van der Waals surface area contributed by atoms with Crippen LogP contribution in [0.25, 0.3) is 10.8 Å². The second-order valence-electron chi connectivity index (χ2n) is 7.54. The molecule has 0 atom stereocenters. The molecule has 150 valence electrons. The van der Waals surface area contributed by atoms with Gasteiger partial charge in [0.15, 0.2) is 0 Å². The summed E-state index contributed by atoms with van der Waals surface area (Å²) < 4.78 is 27.6. The van der Waals surface area contributed by atoms with Gasteiger partial charge in [-0.2, -0.15) is 4.31 Å². The molecule has 6 heteroatoms. The van der Waals surface area contributed by atoms with Gasteiger partial charge in [0, 0.05) is 24.7 Å². The topological polar surface area (TPSA) is 66.5 Å². The van der Waals surface area contributed by atoms with Crippen molar-refractivity contribution in [2.24, 2.45) is 5.92 Å². The van der Waals surface area contributed by atoms with Crippen molar-refractivity contribution >= 4 is 32.4 Å². The van der Waals surface area contributed by atoms with Gasteiger partial charge in [-0.15, -0.1) is 0 Å². The molecule has 1 aliphatic rings. The summed E-state index contributed by atoms with van der Waals surface area (Å²) >= 11 is 0. The molecular formula is C23H24N2O3S. The highest BCUT2D eigenvalue weighted by molar-refractivity contribution is 7.89. The highest BCUT2D eigenvalue weighted by Crippen LogP contribution is 2.27. The SMILES string of the molecule is Cc1ccc(NC(=O)C2CCN(S(=O)(=O)c3ccc4ccccc4c3)CC2)cc1. The third kappa shape index (κ3) is 4.18. The van der Waals surface area contributed by atoms with E-state index >= 15 is 0 Å². The third-order valence-electron chi connectivity index (χ3n) is 5.50. The molecule has 29 heavy (non-hydrogen) atoms. The van der Waals surface area contributed by atoms with E-state index in [1.54, 1.807) is 12.1 Å². The van der Waals surface area contributed by atoms with Crippen LogP contribution in [-0.4, -0.2) is 31.7 Å². The smallest absolute Gasteiger partial charge is 0.243 e. The molecule has 1 fully saturated rings. The second kappa shape index (κ2) is 7.97. The Morgan fingerprint density at radius 3 is 2.28 bits per heavy atom. The average molecular weight is 409 g/mol. The lowest BCUT2D eigenvalue weighted by Crippen LogP contribution is -2.41. The number of anilines is 1. The zero-order valence-corrected chi connectivity index (χ0v) is 17.2. The summed E-state index contributed by atoms with van der Waals surface area (Å²) in [5.74, 6) is -0.226. The maximum atomic E-state index is 13.1. The van der Waals surface area contributed by atoms with Gasteiger partial charge in [-0.3, -0.25) is 4.79 Å². The highest BCUT2D eigenvalue weighted by atomic mass is 32.2. The van der Waals surface area contributed by atoms with Crippen molar-refractivity contribution in [2.75, 3.05) is 18.4 Å². The Kier molecular flexibility index (Phi) is 5.39. The number of fused-ring (bicyclic) bond motifs is 1. The van der Waals surface area contributed by atoms with E-state index in [9.17, 15) is 13.2 Å². The van der Waals surface area contributed by atoms with Crippen molar-refractivity contribution in [1.82, 2.24) is 4.31 Å². The van der Waals surface area contributed by atoms with E-state index in [-0.39, 0.29) is 11.8 Å². The van der Waals surface area contributed by atoms with E-state index in [4.69, 9.17) is 0 Å². The van der Waals surface area contributed by atoms with Crippen LogP contribution in [0.2, 0.25) is 0 Å². The first kappa shape index (κ1) is 19.6. The highest BCUT2D eigenvalue weighted by Gasteiger charge is 2.32. The largest absolute Gasteiger partial charge is 0.326 e. The van der Waals surface area contributed by atoms with Crippen molar-refractivity contribution in [3.63, 3.8) is 0 Å². The fraction of sp³-hybridized carbons (Fsp3) is 0.261. The molecule has 0 spiro atoms. The average Bonchev–Trinajstić information content (AvgIpc) is 2.75. The van der Waals surface area contributed by atoms with Crippen molar-refractivity contribution in [1.29, 1.82) is 0 Å². The van der Waals surface area contributed by atoms with E-state index < -0.39 is 10.0 Å². The molecule has 1 saturated heterocycles. The molecule has 0 unspecified atom stereocenters. The summed E-state index contributed by atoms with van der Waals surface area (Å²) in [5, 5.41) is 4.85. The molecule has 3 aromatic rings. The second-order valence-corrected chi connectivity index (χ2v) is 9.48. The third-order valence-corrected chi connectivity index (χ3v) is 7.40. The number of nitrogens with zero attached hydrogens (tertiary/aromatic N) is 1. The summed E-state index contributed by atoms with van der Waals surface area (Å²) in [5.41, 5.74) is 1.90. The summed E-state index contributed by atoms with van der Waals surface area (Å²) in [4.78, 5) is 12.9. The van der Waals surface area contributed by atoms with Crippen LogP contribution in [0.15, 0.2) is 71.6 Å². The number of benzene rings is 3. The van der Waals surface area contributed by atoms with Crippen LogP contribution in [-0.2, 0) is 14.8 Å². The maximum absolute atomic E-state index is 13.1. The van der Waals surface area contributed by atoms with Crippen LogP contribution < -0.4 is 5.32 Å². The van der Waals surface area contributed by atoms with Gasteiger partial charge in [0.1, 0.15) is 0 Å². The number of hydrogen-bond acceptors (Lipinski definition) is 3. The van der Waals surface area contributed by atoms with Gasteiger partial charge in [0.2, 0.25) is 15.9 Å². The summed E-state index contributed by atoms with van der Waals surface area (Å²) in [7, 11) is -3.56. The Hall–Kier alpha value is -2.70. The Morgan fingerprint density at radius 2 is 1.59 bits per heavy atom. The van der Waals surface area contributed by atoms with Crippen LogP contribution in [0.5, 0.6) is 0 Å². The minimum Gasteiger partial charge on any atom is -0.326 e. The van der Waals surface area contributed by atoms with E-state index in [0.29, 0.717) is 30.8 Å². The Balaban J connectivity index is 1.42. The van der Waals surface area contributed by atoms with Crippen LogP contribution in [0.3, 0.4) is 0 Å². The molecule has 1 N–H and O–H groups in total. The van der Waals surface area contributed by atoms with Gasteiger partial charge >= 0.3 is 0 Å². The fourth-order valence-electron chi connectivity index (χ4n) is 3.72. The zero-order chi connectivity index (χ0) is 20.4. The maximum Gasteiger partial charge on any atom is 0.243 e. The van der Waals surface area contributed by atoms with Crippen molar-refractivity contribution in [3.05, 3.63) is 72.3 Å². The lowest BCUT2D eigenvalue weighted by Gasteiger charge is -2.30. The zero-order valence-electron chi connectivity index (χ0n) is 16.3. The van der Waals surface area contributed by atoms with Crippen LogP contribution in [0, 0.1) is 12.8 Å². The van der Waals surface area contributed by atoms with Gasteiger partial charge in [-0.05, 0) is 54.8 Å². The van der Waals surface area contributed by atoms with Crippen molar-refractivity contribution < 1.29 is 13.2 Å². The fourth-order valence-corrected chi connectivity index (χ4v) is 5.22. The first-order valence-corrected chi connectivity index (χ1v) is 11.2. The van der Waals surface area contributed by atoms with Gasteiger partial charge < -0.3 is 5.32 Å². The molecule has 1 amide bonds. The van der Waals surface area contributed by atoms with Crippen LogP contribution >= 0.6 is 0 Å². The molecule has 0 radical (unpaired) electrons. The minimum absolute atomic E-state index is 0.0448. The molecule has 1 aliphatic heterocycles. The lowest BCUT2D eigenvalue weighted by molar-refractivity contribution is -0.120. The molecule has 0 bridgehead atoms. The number of piperidine rings is 1. The van der Waals surface area contributed by atoms with Crippen LogP contribution in [0.1, 0.15) is 18.4 Å². The molecule has 0 saturated carbocycles. The van der Waals surface area contributed by atoms with Gasteiger partial charge in [0.05, 0.1) is 4.90 Å². The molecule has 3 aromatic carbocycles. The number of amides is 1. The summed E-state index contributed by atoms with van der Waals surface area (Å²) in [6, 6.07) is 20.6. The van der Waals surface area contributed by atoms with Gasteiger partial charge in [-0.1, -0.05) is 48.0 Å².